The summed E-state index contributed by atoms with van der Waals surface area (Å²) >= 11 is 0. The Balaban J connectivity index is 1.48. The number of fused-ring (bicyclic) bond motifs is 3. The average molecular weight is 693 g/mol. The molecule has 8 rings (SSSR count). The van der Waals surface area contributed by atoms with Gasteiger partial charge in [-0.05, 0) is 99.8 Å². The second-order valence-electron chi connectivity index (χ2n) is 15.8. The lowest BCUT2D eigenvalue weighted by atomic mass is 9.83. The van der Waals surface area contributed by atoms with Crippen LogP contribution in [-0.4, -0.2) is 19.6 Å². The highest BCUT2D eigenvalue weighted by molar-refractivity contribution is 6.09. The molecule has 5 aromatic carbocycles. The summed E-state index contributed by atoms with van der Waals surface area (Å²) in [6.45, 7) is 13.4. The van der Waals surface area contributed by atoms with Crippen LogP contribution in [0, 0.1) is 0 Å². The number of aromatic hydroxyl groups is 1. The molecule has 0 bridgehead atoms. The Kier molecular flexibility index (Phi) is 8.38. The molecule has 0 atom stereocenters. The van der Waals surface area contributed by atoms with Crippen LogP contribution in [0.25, 0.3) is 50.1 Å². The van der Waals surface area contributed by atoms with Crippen molar-refractivity contribution in [3.05, 3.63) is 163 Å². The molecule has 5 nitrogen and oxygen atoms in total. The van der Waals surface area contributed by atoms with Gasteiger partial charge in [0, 0.05) is 22.1 Å². The van der Waals surface area contributed by atoms with Crippen LogP contribution in [0.1, 0.15) is 52.7 Å². The van der Waals surface area contributed by atoms with E-state index in [9.17, 15) is 5.11 Å². The topological polar surface area (TPSA) is 54.2 Å². The lowest BCUT2D eigenvalue weighted by Crippen LogP contribution is -2.16. The van der Waals surface area contributed by atoms with E-state index in [1.54, 1.807) is 6.07 Å². The average Bonchev–Trinajstić information content (AvgIpc) is 3.48. The minimum atomic E-state index is -0.273. The zero-order valence-corrected chi connectivity index (χ0v) is 31.2. The predicted octanol–water partition coefficient (Wildman–Crippen LogP) is 12.7. The summed E-state index contributed by atoms with van der Waals surface area (Å²) in [5.74, 6) is 0.985. The number of nitrogens with zero attached hydrogens (tertiary/aromatic N) is 4. The van der Waals surface area contributed by atoms with Gasteiger partial charge in [0.25, 0.3) is 0 Å². The number of anilines is 3. The highest BCUT2D eigenvalue weighted by Crippen LogP contribution is 2.43. The zero-order valence-electron chi connectivity index (χ0n) is 31.2. The van der Waals surface area contributed by atoms with Gasteiger partial charge in [-0.2, -0.15) is 0 Å². The Morgan fingerprint density at radius 2 is 1.15 bits per heavy atom. The molecule has 0 saturated heterocycles. The number of aromatic nitrogens is 3. The SMILES string of the molecule is CC(C)(C)c1ccc2c(c1)c1cc(C(C)(C)C)c(-c3cc(-c4ccccc4)cc(N(c4ccccc4)c4ccccc4)n3)nc1n2-c1ccccc1O. The largest absolute Gasteiger partial charge is 0.506 e. The number of para-hydroxylation sites is 4. The van der Waals surface area contributed by atoms with Crippen molar-refractivity contribution < 1.29 is 5.11 Å². The lowest BCUT2D eigenvalue weighted by Gasteiger charge is -2.27. The minimum Gasteiger partial charge on any atom is -0.506 e. The first-order valence-corrected chi connectivity index (χ1v) is 18.2. The number of rotatable bonds is 6. The van der Waals surface area contributed by atoms with Gasteiger partial charge >= 0.3 is 0 Å². The molecule has 0 aliphatic heterocycles. The van der Waals surface area contributed by atoms with Crippen LogP contribution in [0.5, 0.6) is 5.75 Å². The van der Waals surface area contributed by atoms with E-state index < -0.39 is 0 Å². The summed E-state index contributed by atoms with van der Waals surface area (Å²) in [5, 5.41) is 13.4. The summed E-state index contributed by atoms with van der Waals surface area (Å²) in [6, 6.07) is 52.1. The van der Waals surface area contributed by atoms with Gasteiger partial charge in [0.1, 0.15) is 17.2 Å². The first kappa shape index (κ1) is 33.9. The van der Waals surface area contributed by atoms with Gasteiger partial charge in [-0.3, -0.25) is 9.47 Å². The van der Waals surface area contributed by atoms with Crippen molar-refractivity contribution in [3.8, 4) is 34.0 Å². The fourth-order valence-electron chi connectivity index (χ4n) is 7.18. The fourth-order valence-corrected chi connectivity index (χ4v) is 7.18. The Bertz CT molecular complexity index is 2540. The van der Waals surface area contributed by atoms with Crippen molar-refractivity contribution in [1.29, 1.82) is 0 Å². The second kappa shape index (κ2) is 13.1. The molecule has 5 heteroatoms. The van der Waals surface area contributed by atoms with Crippen LogP contribution >= 0.6 is 0 Å². The van der Waals surface area contributed by atoms with E-state index in [1.807, 2.05) is 36.4 Å². The van der Waals surface area contributed by atoms with Crippen LogP contribution < -0.4 is 4.90 Å². The van der Waals surface area contributed by atoms with Crippen molar-refractivity contribution >= 4 is 39.1 Å². The van der Waals surface area contributed by atoms with Crippen LogP contribution in [-0.2, 0) is 10.8 Å². The Hall–Kier alpha value is -6.20. The smallest absolute Gasteiger partial charge is 0.146 e. The van der Waals surface area contributed by atoms with E-state index in [1.165, 1.54) is 5.56 Å². The Morgan fingerprint density at radius 3 is 1.75 bits per heavy atom. The zero-order chi connectivity index (χ0) is 36.9. The molecular weight excluding hydrogens is 649 g/mol. The number of pyridine rings is 2. The molecule has 0 fully saturated rings. The van der Waals surface area contributed by atoms with E-state index in [0.717, 1.165) is 67.2 Å². The van der Waals surface area contributed by atoms with E-state index in [4.69, 9.17) is 9.97 Å². The summed E-state index contributed by atoms with van der Waals surface area (Å²) < 4.78 is 2.10. The van der Waals surface area contributed by atoms with Gasteiger partial charge in [0.05, 0.1) is 22.6 Å². The van der Waals surface area contributed by atoms with Gasteiger partial charge < -0.3 is 5.11 Å². The van der Waals surface area contributed by atoms with Gasteiger partial charge in [-0.1, -0.05) is 126 Å². The maximum atomic E-state index is 11.3. The number of benzene rings is 5. The van der Waals surface area contributed by atoms with Gasteiger partial charge in [-0.25, -0.2) is 9.97 Å². The molecule has 0 saturated carbocycles. The van der Waals surface area contributed by atoms with Crippen molar-refractivity contribution in [2.24, 2.45) is 0 Å². The van der Waals surface area contributed by atoms with Crippen molar-refractivity contribution in [2.75, 3.05) is 4.90 Å². The molecule has 262 valence electrons. The maximum Gasteiger partial charge on any atom is 0.146 e. The molecular formula is C48H44N4O. The number of phenols is 1. The number of hydrogen-bond donors (Lipinski definition) is 1. The summed E-state index contributed by atoms with van der Waals surface area (Å²) in [7, 11) is 0. The molecule has 0 aliphatic carbocycles. The van der Waals surface area contributed by atoms with E-state index in [0.29, 0.717) is 5.69 Å². The predicted molar refractivity (Wildman–Crippen MR) is 221 cm³/mol. The van der Waals surface area contributed by atoms with E-state index >= 15 is 0 Å². The van der Waals surface area contributed by atoms with Crippen molar-refractivity contribution in [1.82, 2.24) is 14.5 Å². The quantitative estimate of drug-likeness (QED) is 0.188. The molecule has 0 unspecified atom stereocenters. The van der Waals surface area contributed by atoms with Gasteiger partial charge in [0.2, 0.25) is 0 Å². The molecule has 0 amide bonds. The minimum absolute atomic E-state index is 0.0424. The third-order valence-corrected chi connectivity index (χ3v) is 9.96. The molecule has 8 aromatic rings. The van der Waals surface area contributed by atoms with Crippen molar-refractivity contribution in [2.45, 2.75) is 52.4 Å². The monoisotopic (exact) mass is 692 g/mol. The molecule has 3 heterocycles. The summed E-state index contributed by atoms with van der Waals surface area (Å²) in [6.07, 6.45) is 0. The normalized spacial score (nSPS) is 12.0. The van der Waals surface area contributed by atoms with Crippen LogP contribution in [0.3, 0.4) is 0 Å². The van der Waals surface area contributed by atoms with Crippen molar-refractivity contribution in [3.63, 3.8) is 0 Å². The highest BCUT2D eigenvalue weighted by atomic mass is 16.3. The molecule has 53 heavy (non-hydrogen) atoms. The molecule has 0 radical (unpaired) electrons. The second-order valence-corrected chi connectivity index (χ2v) is 15.8. The first-order chi connectivity index (χ1) is 25.5. The van der Waals surface area contributed by atoms with Gasteiger partial charge in [-0.15, -0.1) is 0 Å². The summed E-state index contributed by atoms with van der Waals surface area (Å²) in [4.78, 5) is 13.3. The van der Waals surface area contributed by atoms with Gasteiger partial charge in [0.15, 0.2) is 0 Å². The van der Waals surface area contributed by atoms with E-state index in [2.05, 4.69) is 160 Å². The standard InChI is InChI=1S/C48H44N4O/c1-47(2,3)34-26-27-41-37(30-34)38-31-39(48(4,5)6)45(50-46(38)52(41)42-24-16-17-25-43(42)53)40-28-33(32-18-10-7-11-19-32)29-44(49-40)51(35-20-12-8-13-21-35)36-22-14-9-15-23-36/h7-31,53H,1-6H3. The highest BCUT2D eigenvalue weighted by Gasteiger charge is 2.27. The summed E-state index contributed by atoms with van der Waals surface area (Å²) in [5.41, 5.74) is 10.2. The maximum absolute atomic E-state index is 11.3. The Morgan fingerprint density at radius 1 is 0.547 bits per heavy atom. The lowest BCUT2D eigenvalue weighted by molar-refractivity contribution is 0.473. The van der Waals surface area contributed by atoms with E-state index in [-0.39, 0.29) is 16.6 Å². The number of hydrogen-bond acceptors (Lipinski definition) is 4. The van der Waals surface area contributed by atoms with Crippen LogP contribution in [0.15, 0.2) is 152 Å². The third kappa shape index (κ3) is 6.33. The first-order valence-electron chi connectivity index (χ1n) is 18.2. The number of phenolic OH excluding ortho intramolecular Hbond substituents is 1. The third-order valence-electron chi connectivity index (χ3n) is 9.96. The van der Waals surface area contributed by atoms with Crippen LogP contribution in [0.2, 0.25) is 0 Å². The molecule has 0 spiro atoms. The van der Waals surface area contributed by atoms with Crippen LogP contribution in [0.4, 0.5) is 17.2 Å². The molecule has 0 aliphatic rings. The molecule has 1 N–H and O–H groups in total. The fraction of sp³-hybridized carbons (Fsp3) is 0.167. The Labute approximate surface area is 311 Å². The molecule has 3 aromatic heterocycles.